The molecule has 2 rings (SSSR count). The number of rotatable bonds is 5. The number of carbonyl (C=O) groups excluding carboxylic acids is 2. The summed E-state index contributed by atoms with van der Waals surface area (Å²) in [5, 5.41) is 6.20. The van der Waals surface area contributed by atoms with E-state index in [1.807, 2.05) is 4.90 Å². The largest absolute Gasteiger partial charge is 0.384 e. The van der Waals surface area contributed by atoms with Gasteiger partial charge in [0.1, 0.15) is 0 Å². The minimum atomic E-state index is -0.0407. The maximum atomic E-state index is 12.1. The fraction of sp³-hybridized carbons (Fsp3) is 0.882. The van der Waals surface area contributed by atoms with E-state index in [0.29, 0.717) is 19.1 Å². The maximum absolute atomic E-state index is 12.1. The summed E-state index contributed by atoms with van der Waals surface area (Å²) in [7, 11) is 1.61. The molecular weight excluding hydrogens is 294 g/mol. The number of methoxy groups -OCH3 is 1. The highest BCUT2D eigenvalue weighted by atomic mass is 16.5. The molecule has 2 fully saturated rings. The van der Waals surface area contributed by atoms with Crippen molar-refractivity contribution in [2.24, 2.45) is 0 Å². The molecule has 1 saturated carbocycles. The number of ether oxygens (including phenoxy) is 1. The molecule has 23 heavy (non-hydrogen) atoms. The Morgan fingerprint density at radius 1 is 0.957 bits per heavy atom. The Bertz CT molecular complexity index is 373. The highest BCUT2D eigenvalue weighted by molar-refractivity contribution is 5.76. The third kappa shape index (κ3) is 6.37. The topological polar surface area (TPSA) is 70.7 Å². The molecule has 0 unspecified atom stereocenters. The molecule has 0 aromatic heterocycles. The number of nitrogens with zero attached hydrogens (tertiary/aromatic N) is 1. The molecule has 0 atom stereocenters. The predicted octanol–water partition coefficient (Wildman–Crippen LogP) is 2.04. The summed E-state index contributed by atoms with van der Waals surface area (Å²) in [5.74, 6) is 0.146. The predicted molar refractivity (Wildman–Crippen MR) is 89.3 cm³/mol. The van der Waals surface area contributed by atoms with Crippen molar-refractivity contribution in [2.75, 3.05) is 26.8 Å². The van der Waals surface area contributed by atoms with Crippen LogP contribution in [0.5, 0.6) is 0 Å². The van der Waals surface area contributed by atoms with Crippen molar-refractivity contribution in [1.82, 2.24) is 15.5 Å². The average molecular weight is 325 g/mol. The van der Waals surface area contributed by atoms with Crippen LogP contribution in [-0.2, 0) is 9.53 Å². The maximum Gasteiger partial charge on any atom is 0.315 e. The number of likely N-dealkylation sites (tertiary alicyclic amines) is 1. The van der Waals surface area contributed by atoms with Crippen molar-refractivity contribution in [3.05, 3.63) is 0 Å². The lowest BCUT2D eigenvalue weighted by atomic mass is 10.0. The Morgan fingerprint density at radius 2 is 1.52 bits per heavy atom. The molecule has 0 aromatic rings. The summed E-state index contributed by atoms with van der Waals surface area (Å²) < 4.78 is 4.95. The Kier molecular flexibility index (Phi) is 7.65. The number of hydrogen-bond acceptors (Lipinski definition) is 3. The fourth-order valence-corrected chi connectivity index (χ4v) is 3.46. The molecule has 0 spiro atoms. The number of piperidine rings is 1. The second-order valence-corrected chi connectivity index (χ2v) is 6.70. The summed E-state index contributed by atoms with van der Waals surface area (Å²) in [6.07, 6.45) is 9.30. The van der Waals surface area contributed by atoms with Crippen molar-refractivity contribution in [3.63, 3.8) is 0 Å². The van der Waals surface area contributed by atoms with E-state index in [0.717, 1.165) is 38.8 Å². The molecule has 6 nitrogen and oxygen atoms in total. The van der Waals surface area contributed by atoms with Crippen LogP contribution in [0.1, 0.15) is 57.8 Å². The number of carbonyl (C=O) groups is 2. The van der Waals surface area contributed by atoms with Gasteiger partial charge in [-0.3, -0.25) is 4.79 Å². The van der Waals surface area contributed by atoms with Gasteiger partial charge < -0.3 is 20.3 Å². The van der Waals surface area contributed by atoms with Gasteiger partial charge in [-0.05, 0) is 25.7 Å². The summed E-state index contributed by atoms with van der Waals surface area (Å²) >= 11 is 0. The molecule has 1 saturated heterocycles. The molecule has 1 aliphatic carbocycles. The van der Waals surface area contributed by atoms with Gasteiger partial charge in [0.05, 0.1) is 13.0 Å². The first-order chi connectivity index (χ1) is 11.2. The van der Waals surface area contributed by atoms with Crippen LogP contribution in [0, 0.1) is 0 Å². The lowest BCUT2D eigenvalue weighted by Gasteiger charge is -2.32. The Morgan fingerprint density at radius 3 is 2.09 bits per heavy atom. The molecule has 1 aliphatic heterocycles. The van der Waals surface area contributed by atoms with Crippen LogP contribution in [0.3, 0.4) is 0 Å². The highest BCUT2D eigenvalue weighted by Gasteiger charge is 2.24. The Hall–Kier alpha value is -1.30. The quantitative estimate of drug-likeness (QED) is 0.760. The van der Waals surface area contributed by atoms with Gasteiger partial charge in [0.25, 0.3) is 0 Å². The van der Waals surface area contributed by atoms with Crippen molar-refractivity contribution in [1.29, 1.82) is 0 Å². The smallest absolute Gasteiger partial charge is 0.315 e. The van der Waals surface area contributed by atoms with Crippen LogP contribution in [0.25, 0.3) is 0 Å². The lowest BCUT2D eigenvalue weighted by Crippen LogP contribution is -2.50. The van der Waals surface area contributed by atoms with Gasteiger partial charge >= 0.3 is 6.03 Å². The molecule has 1 heterocycles. The monoisotopic (exact) mass is 325 g/mol. The zero-order chi connectivity index (χ0) is 16.5. The van der Waals surface area contributed by atoms with E-state index >= 15 is 0 Å². The van der Waals surface area contributed by atoms with E-state index in [-0.39, 0.29) is 18.0 Å². The van der Waals surface area contributed by atoms with Crippen LogP contribution >= 0.6 is 0 Å². The van der Waals surface area contributed by atoms with Gasteiger partial charge in [-0.15, -0.1) is 0 Å². The van der Waals surface area contributed by atoms with Crippen LogP contribution in [0.2, 0.25) is 0 Å². The molecule has 0 radical (unpaired) electrons. The van der Waals surface area contributed by atoms with Gasteiger partial charge in [-0.25, -0.2) is 4.79 Å². The van der Waals surface area contributed by atoms with E-state index < -0.39 is 0 Å². The third-order valence-corrected chi connectivity index (χ3v) is 4.89. The minimum Gasteiger partial charge on any atom is -0.384 e. The van der Waals surface area contributed by atoms with Crippen LogP contribution in [-0.4, -0.2) is 55.7 Å². The van der Waals surface area contributed by atoms with E-state index in [1.165, 1.54) is 25.7 Å². The lowest BCUT2D eigenvalue weighted by molar-refractivity contribution is -0.133. The average Bonchev–Trinajstić information content (AvgIpc) is 2.82. The third-order valence-electron chi connectivity index (χ3n) is 4.89. The molecule has 6 heteroatoms. The van der Waals surface area contributed by atoms with E-state index in [1.54, 1.807) is 7.11 Å². The van der Waals surface area contributed by atoms with E-state index in [4.69, 9.17) is 4.74 Å². The number of hydrogen-bond donors (Lipinski definition) is 2. The Labute approximate surface area is 139 Å². The first kappa shape index (κ1) is 18.0. The van der Waals surface area contributed by atoms with Gasteiger partial charge in [-0.2, -0.15) is 0 Å². The number of amides is 3. The van der Waals surface area contributed by atoms with Crippen LogP contribution in [0.15, 0.2) is 0 Å². The van der Waals surface area contributed by atoms with Gasteiger partial charge in [0, 0.05) is 32.3 Å². The second kappa shape index (κ2) is 9.75. The fourth-order valence-electron chi connectivity index (χ4n) is 3.46. The van der Waals surface area contributed by atoms with Crippen molar-refractivity contribution < 1.29 is 14.3 Å². The zero-order valence-corrected chi connectivity index (χ0v) is 14.3. The van der Waals surface area contributed by atoms with Crippen molar-refractivity contribution >= 4 is 11.9 Å². The van der Waals surface area contributed by atoms with E-state index in [2.05, 4.69) is 10.6 Å². The standard InChI is InChI=1S/C17H31N3O3/c1-23-13-10-16(21)20-11-8-15(9-12-20)19-17(22)18-14-6-4-2-3-5-7-14/h14-15H,2-13H2,1H3,(H2,18,19,22). The van der Waals surface area contributed by atoms with Crippen molar-refractivity contribution in [3.8, 4) is 0 Å². The molecule has 0 bridgehead atoms. The zero-order valence-electron chi connectivity index (χ0n) is 14.3. The number of nitrogens with one attached hydrogen (secondary N) is 2. The number of urea groups is 1. The molecule has 2 N–H and O–H groups in total. The SMILES string of the molecule is COCCC(=O)N1CCC(NC(=O)NC2CCCCCC2)CC1. The summed E-state index contributed by atoms with van der Waals surface area (Å²) in [4.78, 5) is 25.9. The first-order valence-corrected chi connectivity index (χ1v) is 9.03. The summed E-state index contributed by atoms with van der Waals surface area (Å²) in [6.45, 7) is 1.91. The summed E-state index contributed by atoms with van der Waals surface area (Å²) in [6, 6.07) is 0.460. The minimum absolute atomic E-state index is 0.0407. The van der Waals surface area contributed by atoms with Gasteiger partial charge in [-0.1, -0.05) is 25.7 Å². The summed E-state index contributed by atoms with van der Waals surface area (Å²) in [5.41, 5.74) is 0. The molecule has 2 aliphatic rings. The molecule has 0 aromatic carbocycles. The van der Waals surface area contributed by atoms with Gasteiger partial charge in [0.2, 0.25) is 5.91 Å². The van der Waals surface area contributed by atoms with Crippen molar-refractivity contribution in [2.45, 2.75) is 69.9 Å². The molecule has 3 amide bonds. The molecule has 132 valence electrons. The highest BCUT2D eigenvalue weighted by Crippen LogP contribution is 2.17. The van der Waals surface area contributed by atoms with Gasteiger partial charge in [0.15, 0.2) is 0 Å². The second-order valence-electron chi connectivity index (χ2n) is 6.70. The normalized spacial score (nSPS) is 20.8. The first-order valence-electron chi connectivity index (χ1n) is 9.03. The molecular formula is C17H31N3O3. The van der Waals surface area contributed by atoms with E-state index in [9.17, 15) is 9.59 Å². The van der Waals surface area contributed by atoms with Crippen LogP contribution < -0.4 is 10.6 Å². The van der Waals surface area contributed by atoms with Crippen LogP contribution in [0.4, 0.5) is 4.79 Å². The Balaban J connectivity index is 1.65.